The van der Waals surface area contributed by atoms with E-state index >= 15 is 0 Å². The summed E-state index contributed by atoms with van der Waals surface area (Å²) in [6.45, 7) is 0. The minimum absolute atomic E-state index is 0.0801. The molecule has 0 saturated heterocycles. The highest BCUT2D eigenvalue weighted by atomic mass is 127. The Balaban J connectivity index is 1.89. The van der Waals surface area contributed by atoms with Crippen LogP contribution in [0.2, 0.25) is 5.02 Å². The largest absolute Gasteiger partial charge is 0.337 e. The third-order valence-corrected chi connectivity index (χ3v) is 3.68. The topological polar surface area (TPSA) is 41.5 Å². The Bertz CT molecular complexity index is 695. The molecule has 5 heteroatoms. The van der Waals surface area contributed by atoms with Gasteiger partial charge < -0.3 is 5.32 Å². The number of halogens is 2. The first kappa shape index (κ1) is 12.6. The van der Waals surface area contributed by atoms with Gasteiger partial charge >= 0.3 is 0 Å². The van der Waals surface area contributed by atoms with Crippen molar-refractivity contribution in [3.8, 4) is 0 Å². The maximum absolute atomic E-state index is 12.2. The van der Waals surface area contributed by atoms with Gasteiger partial charge in [0.1, 0.15) is 0 Å². The second kappa shape index (κ2) is 4.94. The molecule has 19 heavy (non-hydrogen) atoms. The quantitative estimate of drug-likeness (QED) is 0.748. The zero-order valence-electron chi connectivity index (χ0n) is 9.65. The summed E-state index contributed by atoms with van der Waals surface area (Å²) in [5.41, 5.74) is 2.14. The van der Waals surface area contributed by atoms with Crippen LogP contribution in [0, 0.1) is 3.57 Å². The highest BCUT2D eigenvalue weighted by Gasteiger charge is 2.24. The highest BCUT2D eigenvalue weighted by Crippen LogP contribution is 2.28. The first-order valence-electron chi connectivity index (χ1n) is 5.59. The van der Waals surface area contributed by atoms with Crippen LogP contribution in [-0.4, -0.2) is 11.6 Å². The van der Waals surface area contributed by atoms with Crippen LogP contribution >= 0.6 is 34.2 Å². The summed E-state index contributed by atoms with van der Waals surface area (Å²) < 4.78 is 1.02. The van der Waals surface area contributed by atoms with E-state index in [0.717, 1.165) is 9.26 Å². The summed E-state index contributed by atoms with van der Waals surface area (Å²) in [4.78, 5) is 16.5. The van der Waals surface area contributed by atoms with Crippen LogP contribution < -0.4 is 5.32 Å². The summed E-state index contributed by atoms with van der Waals surface area (Å²) in [6.07, 6.45) is 0. The van der Waals surface area contributed by atoms with Crippen molar-refractivity contribution < 1.29 is 4.79 Å². The Kier molecular flexibility index (Phi) is 3.28. The van der Waals surface area contributed by atoms with E-state index in [9.17, 15) is 4.79 Å². The Morgan fingerprint density at radius 1 is 1.11 bits per heavy atom. The number of rotatable bonds is 1. The molecular formula is C14H8ClIN2O. The van der Waals surface area contributed by atoms with E-state index < -0.39 is 0 Å². The predicted octanol–water partition coefficient (Wildman–Crippen LogP) is 4.28. The fourth-order valence-corrected chi connectivity index (χ4v) is 2.46. The molecule has 94 valence electrons. The first-order valence-corrected chi connectivity index (χ1v) is 7.05. The molecule has 0 radical (unpaired) electrons. The van der Waals surface area contributed by atoms with Gasteiger partial charge in [-0.2, -0.15) is 0 Å². The number of carbonyl (C=O) groups is 1. The fraction of sp³-hybridized carbons (Fsp3) is 0. The van der Waals surface area contributed by atoms with Gasteiger partial charge in [-0.05, 0) is 65.1 Å². The SMILES string of the molecule is O=C1C(Nc2ccc(Cl)cc2)=Nc2ccc(I)cc21. The minimum Gasteiger partial charge on any atom is -0.337 e. The summed E-state index contributed by atoms with van der Waals surface area (Å²) in [5, 5.41) is 3.68. The number of nitrogens with zero attached hydrogens (tertiary/aromatic N) is 1. The maximum Gasteiger partial charge on any atom is 0.230 e. The second-order valence-electron chi connectivity index (χ2n) is 4.08. The lowest BCUT2D eigenvalue weighted by molar-refractivity contribution is 0.106. The Morgan fingerprint density at radius 3 is 2.58 bits per heavy atom. The molecule has 1 N–H and O–H groups in total. The Hall–Kier alpha value is -1.40. The van der Waals surface area contributed by atoms with E-state index in [-0.39, 0.29) is 5.78 Å². The van der Waals surface area contributed by atoms with Gasteiger partial charge in [0, 0.05) is 14.3 Å². The van der Waals surface area contributed by atoms with Gasteiger partial charge in [0.2, 0.25) is 5.78 Å². The second-order valence-corrected chi connectivity index (χ2v) is 5.76. The number of ketones is 1. The van der Waals surface area contributed by atoms with Crippen molar-refractivity contribution in [1.29, 1.82) is 0 Å². The lowest BCUT2D eigenvalue weighted by Gasteiger charge is -2.04. The average Bonchev–Trinajstić information content (AvgIpc) is 2.70. The fourth-order valence-electron chi connectivity index (χ4n) is 1.84. The van der Waals surface area contributed by atoms with E-state index in [1.807, 2.05) is 30.3 Å². The number of aliphatic imine (C=N–C) groups is 1. The third kappa shape index (κ3) is 2.50. The van der Waals surface area contributed by atoms with E-state index in [4.69, 9.17) is 11.6 Å². The predicted molar refractivity (Wildman–Crippen MR) is 85.7 cm³/mol. The normalized spacial score (nSPS) is 13.2. The van der Waals surface area contributed by atoms with Gasteiger partial charge in [-0.3, -0.25) is 4.79 Å². The van der Waals surface area contributed by atoms with E-state index in [1.165, 1.54) is 0 Å². The lowest BCUT2D eigenvalue weighted by atomic mass is 10.1. The number of nitrogens with one attached hydrogen (secondary N) is 1. The van der Waals surface area contributed by atoms with Crippen molar-refractivity contribution in [3.05, 3.63) is 56.6 Å². The van der Waals surface area contributed by atoms with Crippen LogP contribution in [0.4, 0.5) is 11.4 Å². The van der Waals surface area contributed by atoms with E-state index in [0.29, 0.717) is 22.1 Å². The molecule has 2 aromatic rings. The molecule has 0 aliphatic carbocycles. The molecule has 1 aliphatic rings. The van der Waals surface area contributed by atoms with Crippen molar-refractivity contribution in [2.45, 2.75) is 0 Å². The minimum atomic E-state index is -0.0801. The molecule has 1 heterocycles. The van der Waals surface area contributed by atoms with Crippen LogP contribution in [0.5, 0.6) is 0 Å². The van der Waals surface area contributed by atoms with Crippen molar-refractivity contribution in [2.24, 2.45) is 4.99 Å². The number of anilines is 1. The van der Waals surface area contributed by atoms with Gasteiger partial charge in [-0.25, -0.2) is 4.99 Å². The maximum atomic E-state index is 12.2. The molecule has 0 aromatic heterocycles. The average molecular weight is 383 g/mol. The van der Waals surface area contributed by atoms with Crippen LogP contribution in [0.25, 0.3) is 0 Å². The number of benzene rings is 2. The van der Waals surface area contributed by atoms with Crippen molar-refractivity contribution >= 4 is 57.2 Å². The van der Waals surface area contributed by atoms with Gasteiger partial charge in [-0.1, -0.05) is 11.6 Å². The van der Waals surface area contributed by atoms with E-state index in [2.05, 4.69) is 32.9 Å². The summed E-state index contributed by atoms with van der Waals surface area (Å²) in [6, 6.07) is 12.8. The summed E-state index contributed by atoms with van der Waals surface area (Å²) in [7, 11) is 0. The van der Waals surface area contributed by atoms with Crippen LogP contribution in [0.1, 0.15) is 10.4 Å². The van der Waals surface area contributed by atoms with Crippen molar-refractivity contribution in [3.63, 3.8) is 0 Å². The molecular weight excluding hydrogens is 375 g/mol. The molecule has 0 spiro atoms. The van der Waals surface area contributed by atoms with Crippen molar-refractivity contribution in [1.82, 2.24) is 0 Å². The highest BCUT2D eigenvalue weighted by molar-refractivity contribution is 14.1. The molecule has 2 aromatic carbocycles. The van der Waals surface area contributed by atoms with Crippen molar-refractivity contribution in [2.75, 3.05) is 5.32 Å². The van der Waals surface area contributed by atoms with Gasteiger partial charge in [0.25, 0.3) is 0 Å². The molecule has 0 amide bonds. The molecule has 0 bridgehead atoms. The van der Waals surface area contributed by atoms with Crippen LogP contribution in [0.3, 0.4) is 0 Å². The number of Topliss-reactive ketones (excluding diaryl/α,β-unsaturated/α-hetero) is 1. The van der Waals surface area contributed by atoms with Crippen LogP contribution in [0.15, 0.2) is 47.5 Å². The summed E-state index contributed by atoms with van der Waals surface area (Å²) in [5.74, 6) is 0.266. The number of hydrogen-bond donors (Lipinski definition) is 1. The standard InChI is InChI=1S/C14H8ClIN2O/c15-8-1-4-10(5-2-8)17-14-13(19)11-7-9(16)3-6-12(11)18-14/h1-7H,(H,17,18,19). The summed E-state index contributed by atoms with van der Waals surface area (Å²) >= 11 is 8.00. The van der Waals surface area contributed by atoms with Gasteiger partial charge in [0.05, 0.1) is 11.3 Å². The zero-order valence-corrected chi connectivity index (χ0v) is 12.6. The third-order valence-electron chi connectivity index (χ3n) is 2.76. The van der Waals surface area contributed by atoms with Crippen LogP contribution in [-0.2, 0) is 0 Å². The lowest BCUT2D eigenvalue weighted by Crippen LogP contribution is -2.19. The smallest absolute Gasteiger partial charge is 0.230 e. The van der Waals surface area contributed by atoms with E-state index in [1.54, 1.807) is 12.1 Å². The molecule has 3 nitrogen and oxygen atoms in total. The number of amidine groups is 1. The molecule has 0 fully saturated rings. The molecule has 3 rings (SSSR count). The van der Waals surface area contributed by atoms with Gasteiger partial charge in [0.15, 0.2) is 5.84 Å². The van der Waals surface area contributed by atoms with Gasteiger partial charge in [-0.15, -0.1) is 0 Å². The Morgan fingerprint density at radius 2 is 1.84 bits per heavy atom. The first-order chi connectivity index (χ1) is 9.13. The Labute approximate surface area is 128 Å². The monoisotopic (exact) mass is 382 g/mol. The zero-order chi connectivity index (χ0) is 13.4. The molecule has 0 unspecified atom stereocenters. The molecule has 0 saturated carbocycles. The number of fused-ring (bicyclic) bond motifs is 1. The number of carbonyl (C=O) groups excluding carboxylic acids is 1. The molecule has 0 atom stereocenters. The number of hydrogen-bond acceptors (Lipinski definition) is 3. The molecule has 1 aliphatic heterocycles.